The first-order chi connectivity index (χ1) is 6.63. The fourth-order valence-electron chi connectivity index (χ4n) is 1.08. The molecule has 0 unspecified atom stereocenters. The highest BCUT2D eigenvalue weighted by Gasteiger charge is 2.00. The van der Waals surface area contributed by atoms with Crippen LogP contribution in [0.25, 0.3) is 0 Å². The van der Waals surface area contributed by atoms with E-state index in [1.165, 1.54) is 16.0 Å². The molecule has 0 amide bonds. The van der Waals surface area contributed by atoms with Crippen LogP contribution in [-0.2, 0) is 0 Å². The Morgan fingerprint density at radius 1 is 1.43 bits per heavy atom. The third-order valence-electron chi connectivity index (χ3n) is 1.96. The van der Waals surface area contributed by atoms with Crippen molar-refractivity contribution in [1.29, 1.82) is 0 Å². The van der Waals surface area contributed by atoms with Crippen molar-refractivity contribution in [3.63, 3.8) is 0 Å². The molecule has 0 spiro atoms. The van der Waals surface area contributed by atoms with Crippen LogP contribution in [-0.4, -0.2) is 11.6 Å². The fraction of sp³-hybridized carbons (Fsp3) is 0.333. The van der Waals surface area contributed by atoms with E-state index in [1.807, 2.05) is 11.8 Å². The van der Waals surface area contributed by atoms with E-state index in [4.69, 9.17) is 11.6 Å². The van der Waals surface area contributed by atoms with Crippen LogP contribution < -0.4 is 0 Å². The minimum Gasteiger partial charge on any atom is -0.122 e. The van der Waals surface area contributed by atoms with Gasteiger partial charge in [0, 0.05) is 16.5 Å². The van der Waals surface area contributed by atoms with Crippen LogP contribution in [0.5, 0.6) is 0 Å². The van der Waals surface area contributed by atoms with E-state index < -0.39 is 0 Å². The van der Waals surface area contributed by atoms with Crippen LogP contribution >= 0.6 is 23.4 Å². The van der Waals surface area contributed by atoms with Crippen molar-refractivity contribution in [2.75, 3.05) is 11.6 Å². The molecule has 14 heavy (non-hydrogen) atoms. The largest absolute Gasteiger partial charge is 0.122 e. The van der Waals surface area contributed by atoms with E-state index in [-0.39, 0.29) is 0 Å². The van der Waals surface area contributed by atoms with E-state index >= 15 is 0 Å². The standard InChI is InChI=1S/C12H15ClS/c1-9-4-5-11(3)12(6-9)14-8-10(2)7-13/h4-6H,2,7-8H2,1,3H3. The maximum Gasteiger partial charge on any atom is 0.0439 e. The van der Waals surface area contributed by atoms with Crippen LogP contribution in [0.2, 0.25) is 0 Å². The summed E-state index contributed by atoms with van der Waals surface area (Å²) in [4.78, 5) is 1.33. The van der Waals surface area contributed by atoms with Gasteiger partial charge in [0.15, 0.2) is 0 Å². The minimum absolute atomic E-state index is 0.553. The molecule has 0 heterocycles. The molecule has 0 atom stereocenters. The third-order valence-corrected chi connectivity index (χ3v) is 3.65. The maximum atomic E-state index is 5.68. The van der Waals surface area contributed by atoms with Crippen molar-refractivity contribution in [3.05, 3.63) is 41.5 Å². The molecule has 0 aliphatic heterocycles. The second-order valence-electron chi connectivity index (χ2n) is 3.44. The van der Waals surface area contributed by atoms with E-state index in [2.05, 4.69) is 38.6 Å². The van der Waals surface area contributed by atoms with Gasteiger partial charge in [-0.2, -0.15) is 0 Å². The van der Waals surface area contributed by atoms with Gasteiger partial charge in [0.2, 0.25) is 0 Å². The molecule has 0 N–H and O–H groups in total. The van der Waals surface area contributed by atoms with Gasteiger partial charge in [-0.15, -0.1) is 23.4 Å². The number of halogens is 1. The van der Waals surface area contributed by atoms with Gasteiger partial charge in [0.1, 0.15) is 0 Å². The molecule has 0 aliphatic rings. The van der Waals surface area contributed by atoms with Crippen LogP contribution in [0, 0.1) is 13.8 Å². The predicted molar refractivity (Wildman–Crippen MR) is 66.5 cm³/mol. The van der Waals surface area contributed by atoms with Crippen molar-refractivity contribution in [2.24, 2.45) is 0 Å². The van der Waals surface area contributed by atoms with E-state index in [1.54, 1.807) is 0 Å². The SMILES string of the molecule is C=C(CCl)CSc1cc(C)ccc1C. The molecular weight excluding hydrogens is 212 g/mol. The molecule has 0 fully saturated rings. The van der Waals surface area contributed by atoms with Gasteiger partial charge in [0.25, 0.3) is 0 Å². The summed E-state index contributed by atoms with van der Waals surface area (Å²) < 4.78 is 0. The summed E-state index contributed by atoms with van der Waals surface area (Å²) in [5.41, 5.74) is 3.70. The van der Waals surface area contributed by atoms with Crippen molar-refractivity contribution in [1.82, 2.24) is 0 Å². The van der Waals surface area contributed by atoms with Gasteiger partial charge in [-0.25, -0.2) is 0 Å². The zero-order chi connectivity index (χ0) is 10.6. The second-order valence-corrected chi connectivity index (χ2v) is 4.73. The molecule has 0 aromatic heterocycles. The summed E-state index contributed by atoms with van der Waals surface area (Å²) >= 11 is 7.49. The van der Waals surface area contributed by atoms with Crippen LogP contribution in [0.15, 0.2) is 35.2 Å². The Kier molecular flexibility index (Phi) is 4.56. The van der Waals surface area contributed by atoms with E-state index in [0.29, 0.717) is 5.88 Å². The molecular formula is C12H15ClS. The number of thioether (sulfide) groups is 1. The lowest BCUT2D eigenvalue weighted by molar-refractivity contribution is 1.26. The number of hydrogen-bond donors (Lipinski definition) is 0. The highest BCUT2D eigenvalue weighted by molar-refractivity contribution is 7.99. The average Bonchev–Trinajstić information content (AvgIpc) is 2.19. The number of hydrogen-bond acceptors (Lipinski definition) is 1. The van der Waals surface area contributed by atoms with Crippen LogP contribution in [0.3, 0.4) is 0 Å². The third kappa shape index (κ3) is 3.39. The second kappa shape index (κ2) is 5.47. The molecule has 0 bridgehead atoms. The summed E-state index contributed by atoms with van der Waals surface area (Å²) in [5.74, 6) is 1.46. The maximum absolute atomic E-state index is 5.68. The molecule has 1 aromatic carbocycles. The van der Waals surface area contributed by atoms with Gasteiger partial charge < -0.3 is 0 Å². The number of aryl methyl sites for hydroxylation is 2. The molecule has 0 nitrogen and oxygen atoms in total. The molecule has 1 aromatic rings. The lowest BCUT2D eigenvalue weighted by Crippen LogP contribution is -1.88. The number of benzene rings is 1. The highest BCUT2D eigenvalue weighted by atomic mass is 35.5. The van der Waals surface area contributed by atoms with Crippen LogP contribution in [0.4, 0.5) is 0 Å². The number of alkyl halides is 1. The van der Waals surface area contributed by atoms with Crippen molar-refractivity contribution in [2.45, 2.75) is 18.7 Å². The normalized spacial score (nSPS) is 10.2. The summed E-state index contributed by atoms with van der Waals surface area (Å²) in [7, 11) is 0. The lowest BCUT2D eigenvalue weighted by Gasteiger charge is -2.06. The number of rotatable bonds is 4. The first-order valence-corrected chi connectivity index (χ1v) is 6.08. The Balaban J connectivity index is 2.66. The minimum atomic E-state index is 0.553. The molecule has 0 saturated heterocycles. The smallest absolute Gasteiger partial charge is 0.0439 e. The summed E-state index contributed by atoms with van der Waals surface area (Å²) in [6.45, 7) is 8.13. The molecule has 0 saturated carbocycles. The van der Waals surface area contributed by atoms with Crippen molar-refractivity contribution >= 4 is 23.4 Å². The van der Waals surface area contributed by atoms with E-state index in [9.17, 15) is 0 Å². The van der Waals surface area contributed by atoms with Gasteiger partial charge in [0.05, 0.1) is 0 Å². The first-order valence-electron chi connectivity index (χ1n) is 4.56. The van der Waals surface area contributed by atoms with Crippen molar-refractivity contribution in [3.8, 4) is 0 Å². The van der Waals surface area contributed by atoms with E-state index in [0.717, 1.165) is 11.3 Å². The Morgan fingerprint density at radius 2 is 2.14 bits per heavy atom. The van der Waals surface area contributed by atoms with Crippen LogP contribution in [0.1, 0.15) is 11.1 Å². The summed E-state index contributed by atoms with van der Waals surface area (Å²) in [6.07, 6.45) is 0. The Hall–Kier alpha value is -0.400. The molecule has 1 rings (SSSR count). The molecule has 0 aliphatic carbocycles. The topological polar surface area (TPSA) is 0 Å². The summed E-state index contributed by atoms with van der Waals surface area (Å²) in [6, 6.07) is 6.50. The summed E-state index contributed by atoms with van der Waals surface area (Å²) in [5, 5.41) is 0. The fourth-order valence-corrected chi connectivity index (χ4v) is 2.31. The average molecular weight is 227 g/mol. The molecule has 76 valence electrons. The zero-order valence-corrected chi connectivity index (χ0v) is 10.2. The van der Waals surface area contributed by atoms with Gasteiger partial charge in [-0.05, 0) is 25.5 Å². The quantitative estimate of drug-likeness (QED) is 0.422. The van der Waals surface area contributed by atoms with Gasteiger partial charge in [-0.1, -0.05) is 29.8 Å². The Labute approximate surface area is 95.4 Å². The molecule has 0 radical (unpaired) electrons. The highest BCUT2D eigenvalue weighted by Crippen LogP contribution is 2.25. The predicted octanol–water partition coefficient (Wildman–Crippen LogP) is 4.19. The van der Waals surface area contributed by atoms with Crippen molar-refractivity contribution < 1.29 is 0 Å². The Morgan fingerprint density at radius 3 is 2.79 bits per heavy atom. The van der Waals surface area contributed by atoms with Gasteiger partial charge in [-0.3, -0.25) is 0 Å². The molecule has 2 heteroatoms. The Bertz CT molecular complexity index is 331. The van der Waals surface area contributed by atoms with Gasteiger partial charge >= 0.3 is 0 Å². The zero-order valence-electron chi connectivity index (χ0n) is 8.64. The lowest BCUT2D eigenvalue weighted by atomic mass is 10.2. The monoisotopic (exact) mass is 226 g/mol. The first kappa shape index (κ1) is 11.7.